The van der Waals surface area contributed by atoms with Crippen LogP contribution in [0.2, 0.25) is 0 Å². The van der Waals surface area contributed by atoms with Crippen LogP contribution in [0.25, 0.3) is 0 Å². The number of para-hydroxylation sites is 1. The maximum atomic E-state index is 12.3. The topological polar surface area (TPSA) is 79.6 Å². The first kappa shape index (κ1) is 20.4. The predicted octanol–water partition coefficient (Wildman–Crippen LogP) is 2.96. The number of nitriles is 1. The Kier molecular flexibility index (Phi) is 7.23. The van der Waals surface area contributed by atoms with Crippen molar-refractivity contribution in [2.45, 2.75) is 19.3 Å². The van der Waals surface area contributed by atoms with Crippen LogP contribution in [0.5, 0.6) is 5.75 Å². The van der Waals surface area contributed by atoms with Gasteiger partial charge < -0.3 is 14.4 Å². The Morgan fingerprint density at radius 2 is 1.69 bits per heavy atom. The Morgan fingerprint density at radius 3 is 2.41 bits per heavy atom. The van der Waals surface area contributed by atoms with E-state index in [0.29, 0.717) is 30.3 Å². The third-order valence-corrected chi connectivity index (χ3v) is 5.04. The van der Waals surface area contributed by atoms with Gasteiger partial charge in [0.05, 0.1) is 5.56 Å². The van der Waals surface area contributed by atoms with Crippen molar-refractivity contribution in [2.75, 3.05) is 26.3 Å². The maximum Gasteiger partial charge on any atom is 0.344 e. The number of carbonyl (C=O) groups is 2. The smallest absolute Gasteiger partial charge is 0.344 e. The van der Waals surface area contributed by atoms with Gasteiger partial charge in [0.1, 0.15) is 11.8 Å². The molecule has 0 bridgehead atoms. The van der Waals surface area contributed by atoms with Crippen LogP contribution >= 0.6 is 0 Å². The molecule has 0 unspecified atom stereocenters. The summed E-state index contributed by atoms with van der Waals surface area (Å²) in [6.07, 6.45) is 2.92. The highest BCUT2D eigenvalue weighted by molar-refractivity contribution is 5.81. The summed E-state index contributed by atoms with van der Waals surface area (Å²) < 4.78 is 10.4. The van der Waals surface area contributed by atoms with Crippen LogP contribution < -0.4 is 4.74 Å². The lowest BCUT2D eigenvalue weighted by Gasteiger charge is -2.32. The van der Waals surface area contributed by atoms with Crippen LogP contribution in [0.1, 0.15) is 24.0 Å². The summed E-state index contributed by atoms with van der Waals surface area (Å²) in [6, 6.07) is 19.0. The van der Waals surface area contributed by atoms with Crippen LogP contribution in [0.15, 0.2) is 54.6 Å². The second kappa shape index (κ2) is 10.3. The highest BCUT2D eigenvalue weighted by atomic mass is 16.6. The number of piperidine rings is 1. The minimum absolute atomic E-state index is 0.186. The molecule has 1 aliphatic heterocycles. The summed E-state index contributed by atoms with van der Waals surface area (Å²) in [5, 5.41) is 9.01. The fourth-order valence-electron chi connectivity index (χ4n) is 3.43. The molecule has 0 aromatic heterocycles. The molecule has 1 fully saturated rings. The molecule has 0 saturated carbocycles. The molecule has 0 aliphatic carbocycles. The molecule has 1 amide bonds. The summed E-state index contributed by atoms with van der Waals surface area (Å²) in [5.74, 6) is 0.0651. The fraction of sp³-hybridized carbons (Fsp3) is 0.348. The molecule has 2 aromatic rings. The molecule has 3 rings (SSSR count). The molecule has 1 heterocycles. The van der Waals surface area contributed by atoms with Gasteiger partial charge in [-0.15, -0.1) is 0 Å². The second-order valence-electron chi connectivity index (χ2n) is 7.07. The van der Waals surface area contributed by atoms with Gasteiger partial charge in [0.2, 0.25) is 0 Å². The van der Waals surface area contributed by atoms with E-state index in [4.69, 9.17) is 14.7 Å². The Balaban J connectivity index is 1.36. The van der Waals surface area contributed by atoms with Crippen molar-refractivity contribution in [1.29, 1.82) is 5.26 Å². The summed E-state index contributed by atoms with van der Waals surface area (Å²) >= 11 is 0. The average Bonchev–Trinajstić information content (AvgIpc) is 2.77. The lowest BCUT2D eigenvalue weighted by Crippen LogP contribution is -2.41. The first-order valence-electron chi connectivity index (χ1n) is 9.75. The van der Waals surface area contributed by atoms with Crippen molar-refractivity contribution in [3.05, 3.63) is 65.7 Å². The summed E-state index contributed by atoms with van der Waals surface area (Å²) in [5.41, 5.74) is 1.67. The minimum atomic E-state index is -0.634. The first-order chi connectivity index (χ1) is 14.2. The number of hydrogen-bond acceptors (Lipinski definition) is 5. The zero-order chi connectivity index (χ0) is 20.5. The number of benzene rings is 2. The third kappa shape index (κ3) is 6.08. The zero-order valence-corrected chi connectivity index (χ0v) is 16.3. The number of ether oxygens (including phenoxy) is 2. The lowest BCUT2D eigenvalue weighted by molar-refractivity contribution is -0.154. The van der Waals surface area contributed by atoms with Crippen LogP contribution in [-0.2, 0) is 20.7 Å². The van der Waals surface area contributed by atoms with Gasteiger partial charge in [-0.3, -0.25) is 4.79 Å². The molecule has 6 heteroatoms. The van der Waals surface area contributed by atoms with E-state index >= 15 is 0 Å². The van der Waals surface area contributed by atoms with Crippen LogP contribution in [0, 0.1) is 17.2 Å². The van der Waals surface area contributed by atoms with Crippen molar-refractivity contribution >= 4 is 11.9 Å². The number of nitrogens with zero attached hydrogens (tertiary/aromatic N) is 2. The van der Waals surface area contributed by atoms with Gasteiger partial charge in [-0.05, 0) is 42.9 Å². The van der Waals surface area contributed by atoms with Crippen LogP contribution in [0.4, 0.5) is 0 Å². The number of hydrogen-bond donors (Lipinski definition) is 0. The first-order valence-corrected chi connectivity index (χ1v) is 9.75. The molecule has 0 spiro atoms. The van der Waals surface area contributed by atoms with Gasteiger partial charge in [0.25, 0.3) is 5.91 Å². The van der Waals surface area contributed by atoms with Crippen molar-refractivity contribution in [3.63, 3.8) is 0 Å². The van der Waals surface area contributed by atoms with Gasteiger partial charge in [-0.2, -0.15) is 5.26 Å². The largest absolute Gasteiger partial charge is 0.481 e. The molecule has 6 nitrogen and oxygen atoms in total. The predicted molar refractivity (Wildman–Crippen MR) is 107 cm³/mol. The van der Waals surface area contributed by atoms with Crippen LogP contribution in [0.3, 0.4) is 0 Å². The Morgan fingerprint density at radius 1 is 1.00 bits per heavy atom. The summed E-state index contributed by atoms with van der Waals surface area (Å²) in [4.78, 5) is 25.9. The van der Waals surface area contributed by atoms with Gasteiger partial charge in [0.15, 0.2) is 13.2 Å². The molecular formula is C23H24N2O4. The van der Waals surface area contributed by atoms with Crippen molar-refractivity contribution in [1.82, 2.24) is 4.90 Å². The van der Waals surface area contributed by atoms with Gasteiger partial charge in [-0.25, -0.2) is 4.79 Å². The van der Waals surface area contributed by atoms with E-state index in [2.05, 4.69) is 12.1 Å². The molecule has 2 aromatic carbocycles. The van der Waals surface area contributed by atoms with E-state index in [9.17, 15) is 9.59 Å². The van der Waals surface area contributed by atoms with Gasteiger partial charge >= 0.3 is 5.97 Å². The van der Waals surface area contributed by atoms with Crippen molar-refractivity contribution in [2.24, 2.45) is 5.92 Å². The SMILES string of the molecule is N#Cc1ccccc1OCC(=O)OCC(=O)N1CCC(Cc2ccccc2)CC1. The molecule has 1 aliphatic rings. The monoisotopic (exact) mass is 392 g/mol. The van der Waals surface area contributed by atoms with E-state index in [0.717, 1.165) is 19.3 Å². The van der Waals surface area contributed by atoms with Crippen molar-refractivity contribution in [3.8, 4) is 11.8 Å². The molecule has 1 saturated heterocycles. The Labute approximate surface area is 170 Å². The molecule has 0 radical (unpaired) electrons. The number of likely N-dealkylation sites (tertiary alicyclic amines) is 1. The number of carbonyl (C=O) groups excluding carboxylic acids is 2. The Bertz CT molecular complexity index is 868. The quantitative estimate of drug-likeness (QED) is 0.677. The van der Waals surface area contributed by atoms with E-state index in [1.165, 1.54) is 5.56 Å². The number of rotatable bonds is 7. The van der Waals surface area contributed by atoms with E-state index < -0.39 is 5.97 Å². The van der Waals surface area contributed by atoms with Gasteiger partial charge in [0, 0.05) is 13.1 Å². The van der Waals surface area contributed by atoms with Crippen molar-refractivity contribution < 1.29 is 19.1 Å². The fourth-order valence-corrected chi connectivity index (χ4v) is 3.43. The maximum absolute atomic E-state index is 12.3. The highest BCUT2D eigenvalue weighted by Gasteiger charge is 2.23. The Hall–Kier alpha value is -3.33. The molecule has 150 valence electrons. The van der Waals surface area contributed by atoms with Gasteiger partial charge in [-0.1, -0.05) is 42.5 Å². The average molecular weight is 392 g/mol. The minimum Gasteiger partial charge on any atom is -0.481 e. The summed E-state index contributed by atoms with van der Waals surface area (Å²) in [7, 11) is 0. The lowest BCUT2D eigenvalue weighted by atomic mass is 9.90. The molecule has 0 atom stereocenters. The standard InChI is InChI=1S/C23H24N2O4/c24-15-20-8-4-5-9-21(20)28-17-23(27)29-16-22(26)25-12-10-19(11-13-25)14-18-6-2-1-3-7-18/h1-9,19H,10-14,16-17H2. The number of amides is 1. The molecular weight excluding hydrogens is 368 g/mol. The summed E-state index contributed by atoms with van der Waals surface area (Å²) in [6.45, 7) is 0.733. The second-order valence-corrected chi connectivity index (χ2v) is 7.07. The van der Waals surface area contributed by atoms with E-state index in [1.54, 1.807) is 29.2 Å². The normalized spacial score (nSPS) is 14.1. The van der Waals surface area contributed by atoms with E-state index in [1.807, 2.05) is 24.3 Å². The zero-order valence-electron chi connectivity index (χ0n) is 16.3. The molecule has 29 heavy (non-hydrogen) atoms. The van der Waals surface area contributed by atoms with E-state index in [-0.39, 0.29) is 19.1 Å². The highest BCUT2D eigenvalue weighted by Crippen LogP contribution is 2.21. The number of esters is 1. The third-order valence-electron chi connectivity index (χ3n) is 5.04. The van der Waals surface area contributed by atoms with Crippen LogP contribution in [-0.4, -0.2) is 43.1 Å². The molecule has 0 N–H and O–H groups in total.